The second kappa shape index (κ2) is 14.1. The fourth-order valence-corrected chi connectivity index (χ4v) is 16.4. The molecule has 2 aliphatic rings. The summed E-state index contributed by atoms with van der Waals surface area (Å²) in [6.07, 6.45) is 2.46. The smallest absolute Gasteiger partial charge is 0.0623 e. The second-order valence-electron chi connectivity index (χ2n) is 17.6. The van der Waals surface area contributed by atoms with E-state index in [4.69, 9.17) is 0 Å². The van der Waals surface area contributed by atoms with Gasteiger partial charge in [0.1, 0.15) is 0 Å². The normalized spacial score (nSPS) is 14.3. The number of hydrogen-bond acceptors (Lipinski definition) is 0. The van der Waals surface area contributed by atoms with Crippen LogP contribution in [0.15, 0.2) is 224 Å². The van der Waals surface area contributed by atoms with Gasteiger partial charge in [-0.15, -0.1) is 0 Å². The van der Waals surface area contributed by atoms with Crippen LogP contribution in [0, 0.1) is 0 Å². The SMILES string of the molecule is CC1(C)c2ccccc2-c2ccc(C(=Cc3ccc(-c4ccccc4)cc3)c3cccc4c3[Si](c3ccc5ccccc5c3)(c3ccc5ccccc5c3)c3ccccc3-4)cc21. The molecule has 292 valence electrons. The van der Waals surface area contributed by atoms with Gasteiger partial charge in [0.2, 0.25) is 0 Å². The Labute approximate surface area is 365 Å². The van der Waals surface area contributed by atoms with E-state index >= 15 is 0 Å². The van der Waals surface area contributed by atoms with Crippen LogP contribution in [-0.2, 0) is 5.41 Å². The van der Waals surface area contributed by atoms with Crippen molar-refractivity contribution in [3.8, 4) is 33.4 Å². The van der Waals surface area contributed by atoms with Crippen LogP contribution >= 0.6 is 0 Å². The van der Waals surface area contributed by atoms with Crippen LogP contribution in [-0.4, -0.2) is 8.07 Å². The molecule has 0 aromatic heterocycles. The van der Waals surface area contributed by atoms with E-state index in [2.05, 4.69) is 244 Å². The molecule has 0 saturated heterocycles. The van der Waals surface area contributed by atoms with Crippen LogP contribution in [0.5, 0.6) is 0 Å². The zero-order chi connectivity index (χ0) is 41.4. The lowest BCUT2D eigenvalue weighted by molar-refractivity contribution is 0.660. The van der Waals surface area contributed by atoms with Crippen molar-refractivity contribution >= 4 is 62.0 Å². The standard InChI is InChI=1S/C61H44Si/c1-61(2)57-25-12-10-21-51(57)52-36-33-48(40-58(52)61)56(37-41-27-29-45(30-28-41)42-15-4-3-5-16-42)55-24-14-23-54-53-22-11-13-26-59(53)62(60(54)55,49-34-31-43-17-6-8-19-46(43)38-49)50-35-32-44-18-7-9-20-47(44)39-50/h3-40H,1-2H3. The van der Waals surface area contributed by atoms with Crippen molar-refractivity contribution < 1.29 is 0 Å². The number of benzene rings is 10. The van der Waals surface area contributed by atoms with Gasteiger partial charge < -0.3 is 0 Å². The summed E-state index contributed by atoms with van der Waals surface area (Å²) < 4.78 is 0. The fourth-order valence-electron chi connectivity index (χ4n) is 11.0. The van der Waals surface area contributed by atoms with Gasteiger partial charge >= 0.3 is 0 Å². The predicted octanol–water partition coefficient (Wildman–Crippen LogP) is 12.9. The molecule has 0 nitrogen and oxygen atoms in total. The minimum Gasteiger partial charge on any atom is -0.0623 e. The Kier molecular flexibility index (Phi) is 8.32. The van der Waals surface area contributed by atoms with Crippen molar-refractivity contribution in [3.63, 3.8) is 0 Å². The van der Waals surface area contributed by atoms with E-state index < -0.39 is 8.07 Å². The van der Waals surface area contributed by atoms with Crippen LogP contribution in [0.2, 0.25) is 0 Å². The van der Waals surface area contributed by atoms with Gasteiger partial charge in [-0.25, -0.2) is 0 Å². The molecule has 0 atom stereocenters. The van der Waals surface area contributed by atoms with Gasteiger partial charge in [-0.1, -0.05) is 232 Å². The predicted molar refractivity (Wildman–Crippen MR) is 267 cm³/mol. The minimum absolute atomic E-state index is 0.131. The summed E-state index contributed by atoms with van der Waals surface area (Å²) in [5, 5.41) is 10.8. The zero-order valence-electron chi connectivity index (χ0n) is 34.9. The summed E-state index contributed by atoms with van der Waals surface area (Å²) in [5.74, 6) is 0. The molecule has 1 aliphatic heterocycles. The third-order valence-corrected chi connectivity index (χ3v) is 18.8. The average molecular weight is 805 g/mol. The monoisotopic (exact) mass is 804 g/mol. The lowest BCUT2D eigenvalue weighted by atomic mass is 9.81. The topological polar surface area (TPSA) is 0 Å². The molecule has 1 heteroatoms. The molecule has 0 unspecified atom stereocenters. The summed E-state index contributed by atoms with van der Waals surface area (Å²) in [6.45, 7) is 4.78. The first-order valence-electron chi connectivity index (χ1n) is 21.8. The Balaban J connectivity index is 1.17. The molecular formula is C61H44Si. The average Bonchev–Trinajstić information content (AvgIpc) is 3.76. The summed E-state index contributed by atoms with van der Waals surface area (Å²) >= 11 is 0. The van der Waals surface area contributed by atoms with Gasteiger partial charge in [-0.2, -0.15) is 0 Å². The molecular weight excluding hydrogens is 761 g/mol. The molecule has 0 fully saturated rings. The van der Waals surface area contributed by atoms with Crippen molar-refractivity contribution in [2.24, 2.45) is 0 Å². The van der Waals surface area contributed by atoms with Crippen molar-refractivity contribution in [1.82, 2.24) is 0 Å². The minimum atomic E-state index is -3.01. The van der Waals surface area contributed by atoms with E-state index in [1.165, 1.54) is 109 Å². The summed E-state index contributed by atoms with van der Waals surface area (Å²) in [6, 6.07) is 84.8. The highest BCUT2D eigenvalue weighted by atomic mass is 28.3. The third kappa shape index (κ3) is 5.52. The fraction of sp³-hybridized carbons (Fsp3) is 0.0492. The second-order valence-corrected chi connectivity index (χ2v) is 21.3. The van der Waals surface area contributed by atoms with Gasteiger partial charge in [-0.05, 0) is 121 Å². The Morgan fingerprint density at radius 1 is 0.403 bits per heavy atom. The van der Waals surface area contributed by atoms with Crippen LogP contribution < -0.4 is 20.7 Å². The molecule has 12 rings (SSSR count). The zero-order valence-corrected chi connectivity index (χ0v) is 35.9. The first-order valence-corrected chi connectivity index (χ1v) is 23.8. The quantitative estimate of drug-likeness (QED) is 0.116. The molecule has 0 radical (unpaired) electrons. The maximum absolute atomic E-state index is 3.01. The van der Waals surface area contributed by atoms with Gasteiger partial charge in [-0.3, -0.25) is 0 Å². The summed E-state index contributed by atoms with van der Waals surface area (Å²) in [4.78, 5) is 0. The molecule has 1 heterocycles. The van der Waals surface area contributed by atoms with Gasteiger partial charge in [0, 0.05) is 5.41 Å². The Morgan fingerprint density at radius 2 is 0.968 bits per heavy atom. The number of fused-ring (bicyclic) bond motifs is 8. The lowest BCUT2D eigenvalue weighted by Gasteiger charge is -2.34. The lowest BCUT2D eigenvalue weighted by Crippen LogP contribution is -2.73. The Hall–Kier alpha value is -7.32. The van der Waals surface area contributed by atoms with Crippen molar-refractivity contribution in [2.45, 2.75) is 19.3 Å². The Morgan fingerprint density at radius 3 is 1.68 bits per heavy atom. The summed E-state index contributed by atoms with van der Waals surface area (Å²) in [7, 11) is -3.01. The molecule has 62 heavy (non-hydrogen) atoms. The first kappa shape index (κ1) is 36.5. The van der Waals surface area contributed by atoms with E-state index in [1.807, 2.05) is 0 Å². The van der Waals surface area contributed by atoms with E-state index in [0.29, 0.717) is 0 Å². The van der Waals surface area contributed by atoms with Crippen LogP contribution in [0.1, 0.15) is 41.7 Å². The number of hydrogen-bond donors (Lipinski definition) is 0. The van der Waals surface area contributed by atoms with Gasteiger partial charge in [0.05, 0.1) is 0 Å². The molecule has 0 bridgehead atoms. The molecule has 0 amide bonds. The molecule has 10 aromatic carbocycles. The van der Waals surface area contributed by atoms with Crippen LogP contribution in [0.4, 0.5) is 0 Å². The molecule has 10 aromatic rings. The van der Waals surface area contributed by atoms with E-state index in [0.717, 1.165) is 0 Å². The number of rotatable bonds is 6. The van der Waals surface area contributed by atoms with Crippen molar-refractivity contribution in [2.75, 3.05) is 0 Å². The van der Waals surface area contributed by atoms with E-state index in [9.17, 15) is 0 Å². The summed E-state index contributed by atoms with van der Waals surface area (Å²) in [5.41, 5.74) is 15.4. The largest absolute Gasteiger partial charge is 0.181 e. The van der Waals surface area contributed by atoms with Gasteiger partial charge in [0.15, 0.2) is 8.07 Å². The maximum atomic E-state index is 2.51. The molecule has 0 saturated carbocycles. The molecule has 0 spiro atoms. The van der Waals surface area contributed by atoms with E-state index in [-0.39, 0.29) is 5.41 Å². The van der Waals surface area contributed by atoms with Gasteiger partial charge in [0.25, 0.3) is 0 Å². The maximum Gasteiger partial charge on any atom is 0.181 e. The first-order chi connectivity index (χ1) is 30.5. The highest BCUT2D eigenvalue weighted by molar-refractivity contribution is 7.22. The van der Waals surface area contributed by atoms with Crippen LogP contribution in [0.25, 0.3) is 66.6 Å². The highest BCUT2D eigenvalue weighted by Crippen LogP contribution is 2.49. The van der Waals surface area contributed by atoms with Crippen LogP contribution in [0.3, 0.4) is 0 Å². The molecule has 0 N–H and O–H groups in total. The Bertz CT molecular complexity index is 3340. The van der Waals surface area contributed by atoms with E-state index in [1.54, 1.807) is 0 Å². The highest BCUT2D eigenvalue weighted by Gasteiger charge is 2.50. The third-order valence-electron chi connectivity index (χ3n) is 13.9. The molecule has 1 aliphatic carbocycles. The van der Waals surface area contributed by atoms with Crippen molar-refractivity contribution in [3.05, 3.63) is 252 Å². The van der Waals surface area contributed by atoms with Crippen molar-refractivity contribution in [1.29, 1.82) is 0 Å².